The van der Waals surface area contributed by atoms with E-state index in [-0.39, 0.29) is 11.9 Å². The van der Waals surface area contributed by atoms with Gasteiger partial charge in [0.1, 0.15) is 5.69 Å². The number of anilines is 3. The van der Waals surface area contributed by atoms with Gasteiger partial charge in [-0.3, -0.25) is 4.79 Å². The summed E-state index contributed by atoms with van der Waals surface area (Å²) >= 11 is 0. The number of nitrogens with zero attached hydrogens (tertiary/aromatic N) is 3. The average Bonchev–Trinajstić information content (AvgIpc) is 2.23. The maximum Gasteiger partial charge on any atom is 0.246 e. The molecule has 0 spiro atoms. The van der Waals surface area contributed by atoms with Gasteiger partial charge in [-0.15, -0.1) is 0 Å². The van der Waals surface area contributed by atoms with Crippen molar-refractivity contribution in [1.29, 1.82) is 0 Å². The standard InChI is InChI=1S/C9H11N5O/c10-9-12-5-2-1-3-14-6(15)4-11-8(13-9)7(5)14/h1-4H2,(H3,10,11,12,13). The molecule has 0 aliphatic carbocycles. The Morgan fingerprint density at radius 2 is 2.27 bits per heavy atom. The van der Waals surface area contributed by atoms with E-state index in [1.807, 2.05) is 0 Å². The SMILES string of the molecule is Nc1nc2c3c(n1)NCC(=O)N3CCC2. The second-order valence-corrected chi connectivity index (χ2v) is 3.73. The lowest BCUT2D eigenvalue weighted by molar-refractivity contribution is -0.117. The number of carbonyl (C=O) groups excluding carboxylic acids is 1. The minimum absolute atomic E-state index is 0.0804. The van der Waals surface area contributed by atoms with Gasteiger partial charge >= 0.3 is 0 Å². The largest absolute Gasteiger partial charge is 0.368 e. The van der Waals surface area contributed by atoms with E-state index < -0.39 is 0 Å². The highest BCUT2D eigenvalue weighted by molar-refractivity contribution is 6.02. The molecule has 0 bridgehead atoms. The van der Waals surface area contributed by atoms with Gasteiger partial charge in [-0.05, 0) is 12.8 Å². The van der Waals surface area contributed by atoms with Crippen molar-refractivity contribution >= 4 is 23.4 Å². The minimum Gasteiger partial charge on any atom is -0.368 e. The number of carbonyl (C=O) groups is 1. The third-order valence-electron chi connectivity index (χ3n) is 2.75. The Labute approximate surface area is 86.5 Å². The van der Waals surface area contributed by atoms with Gasteiger partial charge in [0.2, 0.25) is 11.9 Å². The highest BCUT2D eigenvalue weighted by Gasteiger charge is 2.31. The van der Waals surface area contributed by atoms with Gasteiger partial charge in [0.05, 0.1) is 12.2 Å². The molecule has 2 aliphatic heterocycles. The number of aryl methyl sites for hydroxylation is 1. The first-order chi connectivity index (χ1) is 7.25. The topological polar surface area (TPSA) is 84.1 Å². The zero-order valence-corrected chi connectivity index (χ0v) is 8.16. The van der Waals surface area contributed by atoms with Gasteiger partial charge in [0.25, 0.3) is 0 Å². The van der Waals surface area contributed by atoms with Crippen LogP contribution in [0, 0.1) is 0 Å². The first-order valence-electron chi connectivity index (χ1n) is 4.96. The number of nitrogens with one attached hydrogen (secondary N) is 1. The number of hydrogen-bond acceptors (Lipinski definition) is 5. The second-order valence-electron chi connectivity index (χ2n) is 3.73. The quantitative estimate of drug-likeness (QED) is 0.611. The monoisotopic (exact) mass is 205 g/mol. The van der Waals surface area contributed by atoms with Crippen LogP contribution in [0.1, 0.15) is 12.1 Å². The maximum atomic E-state index is 11.6. The van der Waals surface area contributed by atoms with E-state index in [1.54, 1.807) is 4.90 Å². The first kappa shape index (κ1) is 8.46. The van der Waals surface area contributed by atoms with Crippen LogP contribution >= 0.6 is 0 Å². The van der Waals surface area contributed by atoms with Crippen molar-refractivity contribution in [3.8, 4) is 0 Å². The summed E-state index contributed by atoms with van der Waals surface area (Å²) in [6, 6.07) is 0. The van der Waals surface area contributed by atoms with Gasteiger partial charge in [0.15, 0.2) is 5.82 Å². The average molecular weight is 205 g/mol. The zero-order valence-electron chi connectivity index (χ0n) is 8.16. The number of amides is 1. The van der Waals surface area contributed by atoms with Crippen LogP contribution in [0.2, 0.25) is 0 Å². The van der Waals surface area contributed by atoms with E-state index in [0.717, 1.165) is 30.8 Å². The summed E-state index contributed by atoms with van der Waals surface area (Å²) in [5.74, 6) is 1.04. The van der Waals surface area contributed by atoms with Crippen molar-refractivity contribution in [3.63, 3.8) is 0 Å². The van der Waals surface area contributed by atoms with Crippen LogP contribution in [0.3, 0.4) is 0 Å². The summed E-state index contributed by atoms with van der Waals surface area (Å²) in [6.45, 7) is 1.05. The molecule has 1 aromatic heterocycles. The summed E-state index contributed by atoms with van der Waals surface area (Å²) < 4.78 is 0. The number of hydrogen-bond donors (Lipinski definition) is 2. The fourth-order valence-electron chi connectivity index (χ4n) is 2.12. The summed E-state index contributed by atoms with van der Waals surface area (Å²) in [6.07, 6.45) is 1.80. The molecule has 1 amide bonds. The molecule has 0 saturated carbocycles. The van der Waals surface area contributed by atoms with Gasteiger partial charge < -0.3 is 16.0 Å². The van der Waals surface area contributed by atoms with Crippen molar-refractivity contribution in [1.82, 2.24) is 9.97 Å². The highest BCUT2D eigenvalue weighted by atomic mass is 16.2. The Morgan fingerprint density at radius 1 is 1.40 bits per heavy atom. The van der Waals surface area contributed by atoms with E-state index in [1.165, 1.54) is 0 Å². The lowest BCUT2D eigenvalue weighted by Crippen LogP contribution is -2.43. The minimum atomic E-state index is 0.0804. The molecule has 15 heavy (non-hydrogen) atoms. The van der Waals surface area contributed by atoms with Crippen LogP contribution in [0.15, 0.2) is 0 Å². The third-order valence-corrected chi connectivity index (χ3v) is 2.75. The molecule has 0 radical (unpaired) electrons. The van der Waals surface area contributed by atoms with Gasteiger partial charge in [0, 0.05) is 6.54 Å². The zero-order chi connectivity index (χ0) is 10.4. The molecule has 78 valence electrons. The summed E-state index contributed by atoms with van der Waals surface area (Å²) in [5.41, 5.74) is 7.30. The molecule has 0 fully saturated rings. The Kier molecular flexibility index (Phi) is 1.59. The number of nitrogen functional groups attached to an aromatic ring is 1. The van der Waals surface area contributed by atoms with Crippen molar-refractivity contribution in [2.45, 2.75) is 12.8 Å². The number of nitrogens with two attached hydrogens (primary N) is 1. The fourth-order valence-corrected chi connectivity index (χ4v) is 2.12. The lowest BCUT2D eigenvalue weighted by atomic mass is 10.1. The van der Waals surface area contributed by atoms with Crippen molar-refractivity contribution in [2.75, 3.05) is 29.0 Å². The van der Waals surface area contributed by atoms with Crippen molar-refractivity contribution in [3.05, 3.63) is 5.69 Å². The van der Waals surface area contributed by atoms with Gasteiger partial charge in [-0.1, -0.05) is 0 Å². The molecule has 3 heterocycles. The van der Waals surface area contributed by atoms with Crippen LogP contribution in [-0.4, -0.2) is 29.0 Å². The number of rotatable bonds is 0. The normalized spacial score (nSPS) is 18.4. The first-order valence-corrected chi connectivity index (χ1v) is 4.96. The smallest absolute Gasteiger partial charge is 0.246 e. The molecular formula is C9H11N5O. The van der Waals surface area contributed by atoms with Crippen LogP contribution in [0.25, 0.3) is 0 Å². The predicted molar refractivity (Wildman–Crippen MR) is 55.6 cm³/mol. The second kappa shape index (κ2) is 2.82. The molecule has 0 unspecified atom stereocenters. The molecule has 6 nitrogen and oxygen atoms in total. The molecule has 6 heteroatoms. The van der Waals surface area contributed by atoms with Gasteiger partial charge in [-0.2, -0.15) is 4.98 Å². The maximum absolute atomic E-state index is 11.6. The molecule has 1 aromatic rings. The molecular weight excluding hydrogens is 194 g/mol. The van der Waals surface area contributed by atoms with E-state index in [2.05, 4.69) is 15.3 Å². The van der Waals surface area contributed by atoms with Crippen LogP contribution in [-0.2, 0) is 11.2 Å². The molecule has 0 atom stereocenters. The number of aromatic nitrogens is 2. The highest BCUT2D eigenvalue weighted by Crippen LogP contribution is 2.34. The summed E-state index contributed by atoms with van der Waals surface area (Å²) in [7, 11) is 0. The van der Waals surface area contributed by atoms with Crippen LogP contribution in [0.4, 0.5) is 17.5 Å². The molecule has 0 saturated heterocycles. The molecule has 2 aliphatic rings. The Morgan fingerprint density at radius 3 is 3.13 bits per heavy atom. The molecule has 3 rings (SSSR count). The van der Waals surface area contributed by atoms with Crippen LogP contribution in [0.5, 0.6) is 0 Å². The Bertz CT molecular complexity index is 427. The summed E-state index contributed by atoms with van der Waals surface area (Å²) in [5, 5.41) is 2.97. The van der Waals surface area contributed by atoms with E-state index in [4.69, 9.17) is 5.73 Å². The third kappa shape index (κ3) is 1.14. The molecule has 0 aromatic carbocycles. The van der Waals surface area contributed by atoms with Crippen molar-refractivity contribution < 1.29 is 4.79 Å². The van der Waals surface area contributed by atoms with Crippen LogP contribution < -0.4 is 16.0 Å². The van der Waals surface area contributed by atoms with E-state index >= 15 is 0 Å². The fraction of sp³-hybridized carbons (Fsp3) is 0.444. The predicted octanol–water partition coefficient (Wildman–Crippen LogP) is -0.237. The Hall–Kier alpha value is -1.85. The van der Waals surface area contributed by atoms with Gasteiger partial charge in [-0.25, -0.2) is 4.98 Å². The van der Waals surface area contributed by atoms with E-state index in [9.17, 15) is 4.79 Å². The van der Waals surface area contributed by atoms with E-state index in [0.29, 0.717) is 12.4 Å². The molecule has 3 N–H and O–H groups in total. The summed E-state index contributed by atoms with van der Waals surface area (Å²) in [4.78, 5) is 21.7. The lowest BCUT2D eigenvalue weighted by Gasteiger charge is -2.33. The van der Waals surface area contributed by atoms with Crippen molar-refractivity contribution in [2.24, 2.45) is 0 Å². The Balaban J connectivity index is 2.22.